The van der Waals surface area contributed by atoms with Crippen LogP contribution in [0, 0.1) is 0 Å². The molecule has 3 rings (SSSR count). The Morgan fingerprint density at radius 1 is 1.43 bits per heavy atom. The van der Waals surface area contributed by atoms with Crippen molar-refractivity contribution in [2.45, 2.75) is 43.1 Å². The Bertz CT molecular complexity index is 599. The second-order valence-electron chi connectivity index (χ2n) is 5.26. The van der Waals surface area contributed by atoms with Gasteiger partial charge >= 0.3 is 5.97 Å². The molecule has 1 saturated carbocycles. The first-order chi connectivity index (χ1) is 10.1. The maximum atomic E-state index is 11.4. The van der Waals surface area contributed by atoms with Crippen molar-refractivity contribution in [3.63, 3.8) is 0 Å². The van der Waals surface area contributed by atoms with Gasteiger partial charge in [-0.05, 0) is 25.2 Å². The predicted molar refractivity (Wildman–Crippen MR) is 80.2 cm³/mol. The number of carbonyl (C=O) groups is 1. The molecule has 0 bridgehead atoms. The van der Waals surface area contributed by atoms with E-state index in [2.05, 4.69) is 9.97 Å². The molecule has 7 heteroatoms. The van der Waals surface area contributed by atoms with E-state index in [9.17, 15) is 15.0 Å². The van der Waals surface area contributed by atoms with Crippen LogP contribution in [-0.4, -0.2) is 44.7 Å². The summed E-state index contributed by atoms with van der Waals surface area (Å²) < 4.78 is 0. The maximum absolute atomic E-state index is 11.4. The molecule has 1 fully saturated rings. The minimum atomic E-state index is -1.15. The number of aliphatic hydroxyl groups is 1. The highest BCUT2D eigenvalue weighted by Gasteiger charge is 2.37. The molecule has 0 saturated heterocycles. The summed E-state index contributed by atoms with van der Waals surface area (Å²) in [6.45, 7) is 0. The average molecular weight is 307 g/mol. The molecule has 6 nitrogen and oxygen atoms in total. The molecular formula is C14H17N3O3S. The number of aliphatic hydroxyl groups excluding tert-OH is 1. The first kappa shape index (κ1) is 14.3. The number of carboxylic acids is 1. The van der Waals surface area contributed by atoms with Crippen LogP contribution < -0.4 is 4.90 Å². The van der Waals surface area contributed by atoms with Crippen molar-refractivity contribution < 1.29 is 15.0 Å². The molecule has 0 spiro atoms. The Hall–Kier alpha value is -1.60. The van der Waals surface area contributed by atoms with Crippen LogP contribution in [0.1, 0.15) is 31.2 Å². The monoisotopic (exact) mass is 307 g/mol. The van der Waals surface area contributed by atoms with Gasteiger partial charge in [0.05, 0.1) is 5.57 Å². The molecule has 2 heterocycles. The molecule has 1 aliphatic carbocycles. The third-order valence-corrected chi connectivity index (χ3v) is 4.58. The fourth-order valence-electron chi connectivity index (χ4n) is 3.01. The number of carboxylic acid groups (broad SMARTS) is 1. The van der Waals surface area contributed by atoms with Gasteiger partial charge in [0.1, 0.15) is 5.82 Å². The molecule has 0 aromatic carbocycles. The maximum Gasteiger partial charge on any atom is 0.336 e. The van der Waals surface area contributed by atoms with Crippen molar-refractivity contribution in [1.82, 2.24) is 9.97 Å². The van der Waals surface area contributed by atoms with Crippen molar-refractivity contribution in [2.24, 2.45) is 0 Å². The highest BCUT2D eigenvalue weighted by Crippen LogP contribution is 2.37. The number of aromatic nitrogens is 2. The van der Waals surface area contributed by atoms with Crippen LogP contribution in [-0.2, 0) is 4.79 Å². The summed E-state index contributed by atoms with van der Waals surface area (Å²) in [6, 6.07) is 0.131. The summed E-state index contributed by atoms with van der Waals surface area (Å²) in [5.41, 5.74) is 0.636. The van der Waals surface area contributed by atoms with Gasteiger partial charge in [0.2, 0.25) is 0 Å². The summed E-state index contributed by atoms with van der Waals surface area (Å²) in [5.74, 6) is -0.469. The van der Waals surface area contributed by atoms with Gasteiger partial charge in [0, 0.05) is 17.8 Å². The van der Waals surface area contributed by atoms with Crippen molar-refractivity contribution in [2.75, 3.05) is 11.2 Å². The van der Waals surface area contributed by atoms with Gasteiger partial charge in [-0.15, -0.1) is 0 Å². The van der Waals surface area contributed by atoms with E-state index in [-0.39, 0.29) is 11.6 Å². The highest BCUT2D eigenvalue weighted by molar-refractivity contribution is 7.98. The zero-order valence-corrected chi connectivity index (χ0v) is 12.5. The molecule has 2 N–H and O–H groups in total. The lowest BCUT2D eigenvalue weighted by molar-refractivity contribution is -0.133. The molecule has 1 aromatic heterocycles. The SMILES string of the molecule is CSc1ncc2c(n1)N(C1CCCC1)C(O)C(C(=O)O)=C2. The third-order valence-electron chi connectivity index (χ3n) is 4.02. The molecular weight excluding hydrogens is 290 g/mol. The average Bonchev–Trinajstić information content (AvgIpc) is 2.99. The Morgan fingerprint density at radius 3 is 2.76 bits per heavy atom. The van der Waals surface area contributed by atoms with Crippen LogP contribution in [0.4, 0.5) is 5.82 Å². The summed E-state index contributed by atoms with van der Waals surface area (Å²) >= 11 is 1.43. The lowest BCUT2D eigenvalue weighted by Crippen LogP contribution is -2.47. The molecule has 1 aromatic rings. The number of thioether (sulfide) groups is 1. The number of aliphatic carboxylic acids is 1. The largest absolute Gasteiger partial charge is 0.478 e. The Balaban J connectivity index is 2.10. The molecule has 0 amide bonds. The minimum Gasteiger partial charge on any atom is -0.478 e. The summed E-state index contributed by atoms with van der Waals surface area (Å²) in [6.07, 6.45) is 7.92. The second kappa shape index (κ2) is 5.65. The van der Waals surface area contributed by atoms with E-state index in [4.69, 9.17) is 0 Å². The highest BCUT2D eigenvalue weighted by atomic mass is 32.2. The lowest BCUT2D eigenvalue weighted by atomic mass is 10.0. The smallest absolute Gasteiger partial charge is 0.336 e. The van der Waals surface area contributed by atoms with Crippen LogP contribution in [0.5, 0.6) is 0 Å². The van der Waals surface area contributed by atoms with Gasteiger partial charge in [0.15, 0.2) is 11.4 Å². The number of fused-ring (bicyclic) bond motifs is 1. The van der Waals surface area contributed by atoms with Crippen LogP contribution in [0.3, 0.4) is 0 Å². The summed E-state index contributed by atoms with van der Waals surface area (Å²) in [5, 5.41) is 20.4. The number of rotatable bonds is 3. The Labute approximate surface area is 126 Å². The van der Waals surface area contributed by atoms with Gasteiger partial charge in [-0.1, -0.05) is 24.6 Å². The number of nitrogens with zero attached hydrogens (tertiary/aromatic N) is 3. The van der Waals surface area contributed by atoms with Gasteiger partial charge in [-0.2, -0.15) is 0 Å². The molecule has 21 heavy (non-hydrogen) atoms. The number of hydrogen-bond donors (Lipinski definition) is 2. The van der Waals surface area contributed by atoms with E-state index in [1.54, 1.807) is 11.1 Å². The van der Waals surface area contributed by atoms with E-state index in [1.165, 1.54) is 17.8 Å². The van der Waals surface area contributed by atoms with Crippen molar-refractivity contribution in [3.8, 4) is 0 Å². The van der Waals surface area contributed by atoms with Crippen molar-refractivity contribution in [1.29, 1.82) is 0 Å². The van der Waals surface area contributed by atoms with Gasteiger partial charge < -0.3 is 15.1 Å². The topological polar surface area (TPSA) is 86.5 Å². The molecule has 1 atom stereocenters. The first-order valence-corrected chi connectivity index (χ1v) is 8.16. The van der Waals surface area contributed by atoms with Gasteiger partial charge in [-0.3, -0.25) is 0 Å². The fraction of sp³-hybridized carbons (Fsp3) is 0.500. The molecule has 1 aliphatic heterocycles. The van der Waals surface area contributed by atoms with E-state index >= 15 is 0 Å². The lowest BCUT2D eigenvalue weighted by Gasteiger charge is -2.38. The number of hydrogen-bond acceptors (Lipinski definition) is 6. The first-order valence-electron chi connectivity index (χ1n) is 6.94. The minimum absolute atomic E-state index is 0.0186. The van der Waals surface area contributed by atoms with E-state index in [0.717, 1.165) is 25.7 Å². The van der Waals surface area contributed by atoms with E-state index in [1.807, 2.05) is 6.26 Å². The zero-order chi connectivity index (χ0) is 15.0. The number of anilines is 1. The Kier molecular flexibility index (Phi) is 3.86. The standard InChI is InChI=1S/C14H17N3O3S/c1-21-14-15-7-8-6-10(13(19)20)12(18)17(11(8)16-14)9-4-2-3-5-9/h6-7,9,12,18H,2-5H2,1H3,(H,19,20). The fourth-order valence-corrected chi connectivity index (χ4v) is 3.34. The van der Waals surface area contributed by atoms with Gasteiger partial charge in [-0.25, -0.2) is 14.8 Å². The molecule has 1 unspecified atom stereocenters. The van der Waals surface area contributed by atoms with E-state index < -0.39 is 12.2 Å². The van der Waals surface area contributed by atoms with Gasteiger partial charge in [0.25, 0.3) is 0 Å². The van der Waals surface area contributed by atoms with Crippen LogP contribution in [0.15, 0.2) is 16.9 Å². The summed E-state index contributed by atoms with van der Waals surface area (Å²) in [7, 11) is 0. The normalized spacial score (nSPS) is 22.1. The second-order valence-corrected chi connectivity index (χ2v) is 6.03. The molecule has 0 radical (unpaired) electrons. The van der Waals surface area contributed by atoms with E-state index in [0.29, 0.717) is 16.5 Å². The summed E-state index contributed by atoms with van der Waals surface area (Å²) in [4.78, 5) is 21.8. The third kappa shape index (κ3) is 2.51. The van der Waals surface area contributed by atoms with Crippen LogP contribution in [0.25, 0.3) is 6.08 Å². The molecule has 2 aliphatic rings. The molecule has 112 valence electrons. The predicted octanol–water partition coefficient (Wildman–Crippen LogP) is 1.75. The zero-order valence-electron chi connectivity index (χ0n) is 11.7. The van der Waals surface area contributed by atoms with Crippen molar-refractivity contribution in [3.05, 3.63) is 17.3 Å². The quantitative estimate of drug-likeness (QED) is 0.650. The van der Waals surface area contributed by atoms with Crippen LogP contribution in [0.2, 0.25) is 0 Å². The van der Waals surface area contributed by atoms with Crippen molar-refractivity contribution >= 4 is 29.6 Å². The van der Waals surface area contributed by atoms with Crippen LogP contribution >= 0.6 is 11.8 Å². The Morgan fingerprint density at radius 2 is 2.14 bits per heavy atom.